The molecule has 2 aromatic carbocycles. The van der Waals surface area contributed by atoms with Crippen LogP contribution >= 0.6 is 11.3 Å². The predicted octanol–water partition coefficient (Wildman–Crippen LogP) is 4.50. The molecule has 1 N–H and O–H groups in total. The van der Waals surface area contributed by atoms with Gasteiger partial charge in [0, 0.05) is 56.6 Å². The molecular weight excluding hydrogens is 430 g/mol. The van der Waals surface area contributed by atoms with Crippen molar-refractivity contribution in [3.8, 4) is 11.1 Å². The van der Waals surface area contributed by atoms with Crippen molar-refractivity contribution in [3.63, 3.8) is 0 Å². The topological polar surface area (TPSA) is 61.4 Å². The van der Waals surface area contributed by atoms with E-state index >= 15 is 0 Å². The number of thiophene rings is 1. The predicted molar refractivity (Wildman–Crippen MR) is 134 cm³/mol. The molecule has 7 heteroatoms. The van der Waals surface area contributed by atoms with Gasteiger partial charge in [-0.25, -0.2) is 9.97 Å². The van der Waals surface area contributed by atoms with Crippen LogP contribution in [0.4, 0.5) is 5.82 Å². The summed E-state index contributed by atoms with van der Waals surface area (Å²) in [6.07, 6.45) is 2.04. The lowest BCUT2D eigenvalue weighted by atomic mass is 10.1. The van der Waals surface area contributed by atoms with E-state index in [0.29, 0.717) is 13.0 Å². The molecule has 2 aromatic heterocycles. The summed E-state index contributed by atoms with van der Waals surface area (Å²) >= 11 is 1.62. The molecule has 1 fully saturated rings. The van der Waals surface area contributed by atoms with E-state index in [-0.39, 0.29) is 5.91 Å². The van der Waals surface area contributed by atoms with Crippen molar-refractivity contribution in [2.24, 2.45) is 0 Å². The summed E-state index contributed by atoms with van der Waals surface area (Å²) in [7, 11) is 0. The minimum atomic E-state index is 0.195. The number of hydrogen-bond acceptors (Lipinski definition) is 6. The highest BCUT2D eigenvalue weighted by atomic mass is 32.1. The monoisotopic (exact) mass is 457 g/mol. The van der Waals surface area contributed by atoms with Gasteiger partial charge in [0.1, 0.15) is 17.0 Å². The molecule has 1 amide bonds. The number of rotatable bonds is 7. The summed E-state index contributed by atoms with van der Waals surface area (Å²) in [5.74, 6) is 0.987. The number of carbonyl (C=O) groups is 1. The zero-order valence-electron chi connectivity index (χ0n) is 18.5. The third-order valence-electron chi connectivity index (χ3n) is 6.06. The Balaban J connectivity index is 1.16. The second-order valence-corrected chi connectivity index (χ2v) is 9.10. The van der Waals surface area contributed by atoms with Crippen molar-refractivity contribution in [1.29, 1.82) is 0 Å². The van der Waals surface area contributed by atoms with Crippen LogP contribution in [0.15, 0.2) is 72.4 Å². The largest absolute Gasteiger partial charge is 0.369 e. The summed E-state index contributed by atoms with van der Waals surface area (Å²) in [5.41, 5.74) is 3.59. The number of hydrogen-bond donors (Lipinski definition) is 1. The zero-order valence-corrected chi connectivity index (χ0v) is 19.3. The van der Waals surface area contributed by atoms with Crippen molar-refractivity contribution in [3.05, 3.63) is 77.9 Å². The number of aromatic nitrogens is 2. The lowest BCUT2D eigenvalue weighted by molar-refractivity contribution is -0.132. The average Bonchev–Trinajstić information content (AvgIpc) is 3.31. The van der Waals surface area contributed by atoms with Crippen molar-refractivity contribution in [2.75, 3.05) is 38.0 Å². The van der Waals surface area contributed by atoms with Gasteiger partial charge in [-0.3, -0.25) is 9.69 Å². The van der Waals surface area contributed by atoms with Crippen molar-refractivity contribution in [2.45, 2.75) is 13.0 Å². The van der Waals surface area contributed by atoms with E-state index in [1.165, 1.54) is 5.56 Å². The maximum absolute atomic E-state index is 12.8. The van der Waals surface area contributed by atoms with Crippen LogP contribution in [0.1, 0.15) is 12.0 Å². The Hall–Kier alpha value is -3.29. The summed E-state index contributed by atoms with van der Waals surface area (Å²) in [6.45, 7) is 4.89. The molecule has 0 spiro atoms. The summed E-state index contributed by atoms with van der Waals surface area (Å²) < 4.78 is 0. The fourth-order valence-electron chi connectivity index (χ4n) is 4.28. The Morgan fingerprint density at radius 3 is 2.42 bits per heavy atom. The number of carbonyl (C=O) groups excluding carboxylic acids is 1. The van der Waals surface area contributed by atoms with Crippen LogP contribution in [0.25, 0.3) is 21.3 Å². The lowest BCUT2D eigenvalue weighted by Crippen LogP contribution is -2.48. The Morgan fingerprint density at radius 1 is 0.939 bits per heavy atom. The van der Waals surface area contributed by atoms with Crippen LogP contribution in [0, 0.1) is 0 Å². The van der Waals surface area contributed by atoms with Crippen LogP contribution in [0.5, 0.6) is 0 Å². The number of nitrogens with one attached hydrogen (secondary N) is 1. The van der Waals surface area contributed by atoms with E-state index in [0.717, 1.165) is 59.9 Å². The molecule has 3 heterocycles. The molecule has 0 bridgehead atoms. The fraction of sp³-hybridized carbons (Fsp3) is 0.269. The minimum absolute atomic E-state index is 0.195. The number of amides is 1. The van der Waals surface area contributed by atoms with E-state index in [1.54, 1.807) is 17.7 Å². The molecule has 1 saturated heterocycles. The molecule has 0 unspecified atom stereocenters. The van der Waals surface area contributed by atoms with Gasteiger partial charge in [-0.05, 0) is 11.1 Å². The van der Waals surface area contributed by atoms with Gasteiger partial charge in [0.2, 0.25) is 5.91 Å². The van der Waals surface area contributed by atoms with Crippen molar-refractivity contribution < 1.29 is 4.79 Å². The zero-order chi connectivity index (χ0) is 22.5. The second kappa shape index (κ2) is 10.1. The number of benzene rings is 2. The Labute approximate surface area is 197 Å². The Kier molecular flexibility index (Phi) is 6.60. The second-order valence-electron chi connectivity index (χ2n) is 8.24. The van der Waals surface area contributed by atoms with Gasteiger partial charge in [0.25, 0.3) is 0 Å². The standard InChI is InChI=1S/C26H27N5OS/c32-23(31-15-13-30(14-16-31)17-20-7-3-1-4-8-20)11-12-27-25-24-22(21-9-5-2-6-10-21)18-33-26(24)29-19-28-25/h1-10,18-19H,11-17H2,(H,27,28,29). The lowest BCUT2D eigenvalue weighted by Gasteiger charge is -2.34. The van der Waals surface area contributed by atoms with E-state index in [2.05, 4.69) is 62.0 Å². The van der Waals surface area contributed by atoms with Gasteiger partial charge < -0.3 is 10.2 Å². The van der Waals surface area contributed by atoms with E-state index in [1.807, 2.05) is 29.2 Å². The van der Waals surface area contributed by atoms with E-state index < -0.39 is 0 Å². The number of fused-ring (bicyclic) bond motifs is 1. The molecule has 1 aliphatic heterocycles. The van der Waals surface area contributed by atoms with Crippen LogP contribution in [-0.2, 0) is 11.3 Å². The maximum atomic E-state index is 12.8. The van der Waals surface area contributed by atoms with E-state index in [4.69, 9.17) is 0 Å². The summed E-state index contributed by atoms with van der Waals surface area (Å²) in [6, 6.07) is 20.8. The van der Waals surface area contributed by atoms with Gasteiger partial charge in [0.15, 0.2) is 0 Å². The van der Waals surface area contributed by atoms with Crippen LogP contribution in [0.2, 0.25) is 0 Å². The fourth-order valence-corrected chi connectivity index (χ4v) is 5.20. The highest BCUT2D eigenvalue weighted by Gasteiger charge is 2.21. The van der Waals surface area contributed by atoms with Gasteiger partial charge >= 0.3 is 0 Å². The molecule has 168 valence electrons. The first-order valence-corrected chi connectivity index (χ1v) is 12.2. The van der Waals surface area contributed by atoms with Crippen LogP contribution in [0.3, 0.4) is 0 Å². The SMILES string of the molecule is O=C(CCNc1ncnc2scc(-c3ccccc3)c12)N1CCN(Cc2ccccc2)CC1. The third-order valence-corrected chi connectivity index (χ3v) is 6.95. The highest BCUT2D eigenvalue weighted by Crippen LogP contribution is 2.36. The molecule has 4 aromatic rings. The van der Waals surface area contributed by atoms with Gasteiger partial charge in [-0.15, -0.1) is 11.3 Å². The van der Waals surface area contributed by atoms with Crippen molar-refractivity contribution in [1.82, 2.24) is 19.8 Å². The molecule has 0 atom stereocenters. The normalized spacial score (nSPS) is 14.5. The number of piperazine rings is 1. The number of anilines is 1. The van der Waals surface area contributed by atoms with E-state index in [9.17, 15) is 4.79 Å². The van der Waals surface area contributed by atoms with Crippen LogP contribution in [-0.4, -0.2) is 58.4 Å². The molecule has 0 aliphatic carbocycles. The minimum Gasteiger partial charge on any atom is -0.369 e. The first-order valence-electron chi connectivity index (χ1n) is 11.3. The number of nitrogens with zero attached hydrogens (tertiary/aromatic N) is 4. The molecule has 33 heavy (non-hydrogen) atoms. The molecular formula is C26H27N5OS. The van der Waals surface area contributed by atoms with Crippen LogP contribution < -0.4 is 5.32 Å². The quantitative estimate of drug-likeness (QED) is 0.443. The first-order chi connectivity index (χ1) is 16.3. The molecule has 0 saturated carbocycles. The maximum Gasteiger partial charge on any atom is 0.224 e. The smallest absolute Gasteiger partial charge is 0.224 e. The van der Waals surface area contributed by atoms with Crippen molar-refractivity contribution >= 4 is 33.3 Å². The summed E-state index contributed by atoms with van der Waals surface area (Å²) in [4.78, 5) is 27.0. The Morgan fingerprint density at radius 2 is 1.67 bits per heavy atom. The Bertz CT molecular complexity index is 1200. The van der Waals surface area contributed by atoms with Gasteiger partial charge in [-0.1, -0.05) is 60.7 Å². The van der Waals surface area contributed by atoms with Gasteiger partial charge in [-0.2, -0.15) is 0 Å². The average molecular weight is 458 g/mol. The first kappa shape index (κ1) is 21.6. The molecule has 6 nitrogen and oxygen atoms in total. The highest BCUT2D eigenvalue weighted by molar-refractivity contribution is 7.17. The molecule has 5 rings (SSSR count). The molecule has 1 aliphatic rings. The summed E-state index contributed by atoms with van der Waals surface area (Å²) in [5, 5.41) is 6.54. The van der Waals surface area contributed by atoms with Gasteiger partial charge in [0.05, 0.1) is 5.39 Å². The molecule has 0 radical (unpaired) electrons. The third kappa shape index (κ3) is 5.05.